The Hall–Kier alpha value is -3.14. The molecule has 2 aromatic rings. The van der Waals surface area contributed by atoms with Gasteiger partial charge in [-0.3, -0.25) is 9.59 Å². The fourth-order valence-corrected chi connectivity index (χ4v) is 1.55. The van der Waals surface area contributed by atoms with Gasteiger partial charge < -0.3 is 9.47 Å². The van der Waals surface area contributed by atoms with Crippen molar-refractivity contribution >= 4 is 24.1 Å². The summed E-state index contributed by atoms with van der Waals surface area (Å²) in [4.78, 5) is 20.7. The van der Waals surface area contributed by atoms with Gasteiger partial charge in [0, 0.05) is 13.8 Å². The van der Waals surface area contributed by atoms with Crippen LogP contribution in [-0.2, 0) is 19.1 Å². The van der Waals surface area contributed by atoms with Gasteiger partial charge in [-0.05, 0) is 23.3 Å². The normalized spacial score (nSPS) is 10.1. The molecule has 0 aromatic heterocycles. The van der Waals surface area contributed by atoms with E-state index >= 15 is 0 Å². The molecule has 0 aliphatic rings. The number of benzene rings is 2. The van der Waals surface area contributed by atoms with E-state index in [1.807, 2.05) is 60.7 Å². The van der Waals surface area contributed by atoms with Gasteiger partial charge in [0.1, 0.15) is 0 Å². The average molecular weight is 324 g/mol. The monoisotopic (exact) mass is 324 g/mol. The number of hydrogen-bond donors (Lipinski definition) is 0. The van der Waals surface area contributed by atoms with E-state index in [1.54, 1.807) is 12.2 Å². The van der Waals surface area contributed by atoms with Crippen LogP contribution in [0.4, 0.5) is 0 Å². The largest absolute Gasteiger partial charge is 0.435 e. The molecule has 4 heteroatoms. The van der Waals surface area contributed by atoms with E-state index < -0.39 is 0 Å². The predicted molar refractivity (Wildman–Crippen MR) is 94.5 cm³/mol. The molecule has 24 heavy (non-hydrogen) atoms. The number of esters is 2. The maximum absolute atomic E-state index is 10.4. The molecule has 2 aromatic carbocycles. The summed E-state index contributed by atoms with van der Waals surface area (Å²) in [6, 6.07) is 19.3. The molecule has 0 bridgehead atoms. The number of carbonyl (C=O) groups excluding carboxylic acids is 2. The van der Waals surface area contributed by atoms with Crippen molar-refractivity contribution < 1.29 is 19.1 Å². The highest BCUT2D eigenvalue weighted by molar-refractivity contribution is 5.68. The van der Waals surface area contributed by atoms with Crippen molar-refractivity contribution in [2.75, 3.05) is 0 Å². The van der Waals surface area contributed by atoms with Crippen LogP contribution in [0, 0.1) is 0 Å². The molecule has 4 nitrogen and oxygen atoms in total. The standard InChI is InChI=1S/2C10H10O2/c2*1-9(11)12-8-7-10-5-3-2-4-6-10/h2*2-8H,1H3. The highest BCUT2D eigenvalue weighted by Crippen LogP contribution is 2.01. The Kier molecular flexibility index (Phi) is 9.01. The Morgan fingerprint density at radius 3 is 1.29 bits per heavy atom. The molecule has 0 aliphatic heterocycles. The van der Waals surface area contributed by atoms with E-state index in [0.717, 1.165) is 11.1 Å². The molecule has 0 unspecified atom stereocenters. The molecule has 0 saturated carbocycles. The van der Waals surface area contributed by atoms with Gasteiger partial charge in [-0.15, -0.1) is 0 Å². The lowest BCUT2D eigenvalue weighted by molar-refractivity contribution is -0.136. The Morgan fingerprint density at radius 1 is 0.667 bits per heavy atom. The molecule has 124 valence electrons. The van der Waals surface area contributed by atoms with Crippen LogP contribution in [0.15, 0.2) is 73.2 Å². The number of hydrogen-bond acceptors (Lipinski definition) is 4. The predicted octanol–water partition coefficient (Wildman–Crippen LogP) is 4.44. The fraction of sp³-hybridized carbons (Fsp3) is 0.100. The van der Waals surface area contributed by atoms with Crippen LogP contribution in [-0.4, -0.2) is 11.9 Å². The number of carbonyl (C=O) groups is 2. The minimum Gasteiger partial charge on any atom is -0.435 e. The second-order valence-corrected chi connectivity index (χ2v) is 4.65. The molecular weight excluding hydrogens is 304 g/mol. The molecule has 0 N–H and O–H groups in total. The van der Waals surface area contributed by atoms with E-state index in [9.17, 15) is 9.59 Å². The van der Waals surface area contributed by atoms with Crippen molar-refractivity contribution in [3.63, 3.8) is 0 Å². The van der Waals surface area contributed by atoms with Crippen molar-refractivity contribution in [1.29, 1.82) is 0 Å². The third-order valence-corrected chi connectivity index (χ3v) is 2.59. The third-order valence-electron chi connectivity index (χ3n) is 2.59. The Balaban J connectivity index is 0.000000240. The lowest BCUT2D eigenvalue weighted by atomic mass is 10.2. The molecule has 0 aliphatic carbocycles. The molecule has 2 rings (SSSR count). The van der Waals surface area contributed by atoms with Gasteiger partial charge in [-0.2, -0.15) is 0 Å². The zero-order chi connectivity index (χ0) is 17.6. The molecule has 0 radical (unpaired) electrons. The minimum atomic E-state index is -0.304. The van der Waals surface area contributed by atoms with Gasteiger partial charge in [0.15, 0.2) is 0 Å². The SMILES string of the molecule is CC(=O)OC=Cc1ccccc1.CC(=O)OC=Cc1ccccc1. The zero-order valence-electron chi connectivity index (χ0n) is 13.7. The number of ether oxygens (including phenoxy) is 2. The van der Waals surface area contributed by atoms with Gasteiger partial charge in [0.25, 0.3) is 0 Å². The van der Waals surface area contributed by atoms with Crippen LogP contribution in [0.25, 0.3) is 12.2 Å². The Morgan fingerprint density at radius 2 is 1.00 bits per heavy atom. The van der Waals surface area contributed by atoms with Crippen molar-refractivity contribution in [2.24, 2.45) is 0 Å². The molecule has 0 spiro atoms. The molecule has 0 saturated heterocycles. The van der Waals surface area contributed by atoms with Crippen LogP contribution in [0.2, 0.25) is 0 Å². The van der Waals surface area contributed by atoms with Crippen LogP contribution >= 0.6 is 0 Å². The average Bonchev–Trinajstić information content (AvgIpc) is 2.57. The third kappa shape index (κ3) is 9.73. The van der Waals surface area contributed by atoms with Crippen molar-refractivity contribution in [3.05, 3.63) is 84.3 Å². The van der Waals surface area contributed by atoms with Crippen LogP contribution in [0.3, 0.4) is 0 Å². The van der Waals surface area contributed by atoms with Gasteiger partial charge >= 0.3 is 11.9 Å². The molecule has 0 amide bonds. The fourth-order valence-electron chi connectivity index (χ4n) is 1.55. The summed E-state index contributed by atoms with van der Waals surface area (Å²) in [7, 11) is 0. The minimum absolute atomic E-state index is 0.304. The Labute approximate surface area is 142 Å². The highest BCUT2D eigenvalue weighted by atomic mass is 16.5. The summed E-state index contributed by atoms with van der Waals surface area (Å²) < 4.78 is 9.25. The van der Waals surface area contributed by atoms with Crippen LogP contribution in [0.5, 0.6) is 0 Å². The first-order valence-electron chi connectivity index (χ1n) is 7.35. The van der Waals surface area contributed by atoms with Gasteiger partial charge in [-0.1, -0.05) is 60.7 Å². The summed E-state index contributed by atoms with van der Waals surface area (Å²) in [5.41, 5.74) is 2.03. The summed E-state index contributed by atoms with van der Waals surface area (Å²) in [6.07, 6.45) is 6.25. The molecule has 0 atom stereocenters. The summed E-state index contributed by atoms with van der Waals surface area (Å²) in [5, 5.41) is 0. The van der Waals surface area contributed by atoms with Crippen molar-refractivity contribution in [1.82, 2.24) is 0 Å². The maximum Gasteiger partial charge on any atom is 0.307 e. The second kappa shape index (κ2) is 11.4. The second-order valence-electron chi connectivity index (χ2n) is 4.65. The topological polar surface area (TPSA) is 52.6 Å². The molecule has 0 fully saturated rings. The lowest BCUT2D eigenvalue weighted by Crippen LogP contribution is -1.88. The zero-order valence-corrected chi connectivity index (χ0v) is 13.7. The van der Waals surface area contributed by atoms with E-state index in [1.165, 1.54) is 26.4 Å². The summed E-state index contributed by atoms with van der Waals surface area (Å²) >= 11 is 0. The highest BCUT2D eigenvalue weighted by Gasteiger charge is 1.86. The van der Waals surface area contributed by atoms with Gasteiger partial charge in [0.05, 0.1) is 12.5 Å². The quantitative estimate of drug-likeness (QED) is 0.616. The first kappa shape index (κ1) is 18.9. The number of rotatable bonds is 4. The molecular formula is C20H20O4. The summed E-state index contributed by atoms with van der Waals surface area (Å²) in [5.74, 6) is -0.607. The first-order valence-corrected chi connectivity index (χ1v) is 7.35. The van der Waals surface area contributed by atoms with Crippen LogP contribution in [0.1, 0.15) is 25.0 Å². The lowest BCUT2D eigenvalue weighted by Gasteiger charge is -1.91. The van der Waals surface area contributed by atoms with Crippen LogP contribution < -0.4 is 0 Å². The van der Waals surface area contributed by atoms with Gasteiger partial charge in [0.2, 0.25) is 0 Å². The molecule has 0 heterocycles. The Bertz CT molecular complexity index is 612. The van der Waals surface area contributed by atoms with E-state index in [-0.39, 0.29) is 11.9 Å². The van der Waals surface area contributed by atoms with E-state index in [2.05, 4.69) is 9.47 Å². The van der Waals surface area contributed by atoms with Gasteiger partial charge in [-0.25, -0.2) is 0 Å². The van der Waals surface area contributed by atoms with Crippen molar-refractivity contribution in [3.8, 4) is 0 Å². The van der Waals surface area contributed by atoms with E-state index in [4.69, 9.17) is 0 Å². The maximum atomic E-state index is 10.4. The smallest absolute Gasteiger partial charge is 0.307 e. The summed E-state index contributed by atoms with van der Waals surface area (Å²) in [6.45, 7) is 2.74. The van der Waals surface area contributed by atoms with E-state index in [0.29, 0.717) is 0 Å². The van der Waals surface area contributed by atoms with Crippen molar-refractivity contribution in [2.45, 2.75) is 13.8 Å². The first-order chi connectivity index (χ1) is 11.6.